The number of nitrogens with one attached hydrogen (secondary N) is 3. The zero-order chi connectivity index (χ0) is 16.9. The van der Waals surface area contributed by atoms with E-state index < -0.39 is 12.0 Å². The summed E-state index contributed by atoms with van der Waals surface area (Å²) in [5, 5.41) is 16.9. The van der Waals surface area contributed by atoms with Crippen LogP contribution in [0.2, 0.25) is 0 Å². The first-order chi connectivity index (χ1) is 11.2. The first kappa shape index (κ1) is 18.0. The van der Waals surface area contributed by atoms with Crippen molar-refractivity contribution in [1.82, 2.24) is 20.9 Å². The number of alkyl carbamates (subject to hydrolysis) is 1. The number of aromatic nitrogens is 1. The Hall–Kier alpha value is -3.08. The quantitative estimate of drug-likeness (QED) is 0.364. The second-order valence-electron chi connectivity index (χ2n) is 4.32. The Morgan fingerprint density at radius 2 is 2.22 bits per heavy atom. The van der Waals surface area contributed by atoms with Gasteiger partial charge in [-0.1, -0.05) is 6.07 Å². The minimum Gasteiger partial charge on any atom is -0.450 e. The van der Waals surface area contributed by atoms with Gasteiger partial charge in [0.15, 0.2) is 0 Å². The normalized spacial score (nSPS) is 10.3. The summed E-state index contributed by atoms with van der Waals surface area (Å²) >= 11 is 0. The van der Waals surface area contributed by atoms with Gasteiger partial charge in [-0.2, -0.15) is 5.26 Å². The monoisotopic (exact) mass is 317 g/mol. The summed E-state index contributed by atoms with van der Waals surface area (Å²) in [6, 6.07) is 5.40. The number of carbonyl (C=O) groups excluding carboxylic acids is 2. The highest BCUT2D eigenvalue weighted by atomic mass is 16.5. The summed E-state index contributed by atoms with van der Waals surface area (Å²) in [4.78, 5) is 26.8. The molecule has 1 rings (SSSR count). The lowest BCUT2D eigenvalue weighted by atomic mass is 10.2. The number of nitriles is 1. The molecular weight excluding hydrogens is 298 g/mol. The molecule has 0 atom stereocenters. The summed E-state index contributed by atoms with van der Waals surface area (Å²) in [5.41, 5.74) is 0.787. The van der Waals surface area contributed by atoms with Crippen LogP contribution in [0.3, 0.4) is 0 Å². The van der Waals surface area contributed by atoms with Crippen LogP contribution in [-0.2, 0) is 16.1 Å². The Balaban J connectivity index is 2.32. The standard InChI is InChI=1S/C15H19N5O3/c1-2-23-15(22)19-7-6-18-11-13(8-16)14(21)20-10-12-4-3-5-17-9-12/h3-5,9,11,18H,2,6-7,10H2,1H3,(H,19,22)(H,20,21)/b13-11-. The molecule has 1 heterocycles. The van der Waals surface area contributed by atoms with Crippen molar-refractivity contribution >= 4 is 12.0 Å². The van der Waals surface area contributed by atoms with Crippen LogP contribution in [0.25, 0.3) is 0 Å². The van der Waals surface area contributed by atoms with Crippen LogP contribution in [0.5, 0.6) is 0 Å². The molecule has 0 aliphatic heterocycles. The topological polar surface area (TPSA) is 116 Å². The molecule has 122 valence electrons. The molecule has 23 heavy (non-hydrogen) atoms. The minimum absolute atomic E-state index is 0.0509. The highest BCUT2D eigenvalue weighted by Crippen LogP contribution is 1.96. The molecule has 0 aliphatic rings. The number of ether oxygens (including phenoxy) is 1. The predicted molar refractivity (Wildman–Crippen MR) is 82.8 cm³/mol. The van der Waals surface area contributed by atoms with Crippen molar-refractivity contribution in [3.63, 3.8) is 0 Å². The molecule has 0 aliphatic carbocycles. The number of amides is 2. The summed E-state index contributed by atoms with van der Waals surface area (Å²) in [5.74, 6) is -0.484. The Morgan fingerprint density at radius 1 is 1.39 bits per heavy atom. The maximum absolute atomic E-state index is 11.9. The van der Waals surface area contributed by atoms with Crippen molar-refractivity contribution in [2.24, 2.45) is 0 Å². The first-order valence-corrected chi connectivity index (χ1v) is 7.08. The summed E-state index contributed by atoms with van der Waals surface area (Å²) in [6.45, 7) is 2.97. The zero-order valence-electron chi connectivity index (χ0n) is 12.8. The molecule has 0 fully saturated rings. The molecule has 0 saturated carbocycles. The van der Waals surface area contributed by atoms with Crippen molar-refractivity contribution in [3.8, 4) is 6.07 Å². The number of hydrogen-bond donors (Lipinski definition) is 3. The number of hydrogen-bond acceptors (Lipinski definition) is 6. The molecule has 0 spiro atoms. The second kappa shape index (κ2) is 10.6. The Morgan fingerprint density at radius 3 is 2.87 bits per heavy atom. The van der Waals surface area contributed by atoms with Gasteiger partial charge in [0.05, 0.1) is 6.61 Å². The van der Waals surface area contributed by atoms with E-state index in [1.54, 1.807) is 25.4 Å². The SMILES string of the molecule is CCOC(=O)NCCN/C=C(/C#N)C(=O)NCc1cccnc1. The average molecular weight is 317 g/mol. The van der Waals surface area contributed by atoms with E-state index in [0.29, 0.717) is 19.7 Å². The van der Waals surface area contributed by atoms with E-state index in [4.69, 9.17) is 5.26 Å². The van der Waals surface area contributed by atoms with E-state index in [1.807, 2.05) is 12.1 Å². The molecule has 1 aromatic heterocycles. The third kappa shape index (κ3) is 7.47. The molecule has 2 amide bonds. The first-order valence-electron chi connectivity index (χ1n) is 7.08. The average Bonchev–Trinajstić information content (AvgIpc) is 2.57. The van der Waals surface area contributed by atoms with E-state index in [2.05, 4.69) is 25.7 Å². The number of pyridine rings is 1. The van der Waals surface area contributed by atoms with Crippen LogP contribution < -0.4 is 16.0 Å². The third-order valence-electron chi connectivity index (χ3n) is 2.60. The van der Waals surface area contributed by atoms with Crippen LogP contribution in [0, 0.1) is 11.3 Å². The molecule has 0 unspecified atom stereocenters. The van der Waals surface area contributed by atoms with Crippen molar-refractivity contribution in [2.75, 3.05) is 19.7 Å². The highest BCUT2D eigenvalue weighted by molar-refractivity contribution is 5.97. The van der Waals surface area contributed by atoms with Crippen molar-refractivity contribution in [1.29, 1.82) is 5.26 Å². The molecule has 0 radical (unpaired) electrons. The highest BCUT2D eigenvalue weighted by Gasteiger charge is 2.08. The van der Waals surface area contributed by atoms with Crippen molar-refractivity contribution in [3.05, 3.63) is 41.9 Å². The molecule has 0 saturated heterocycles. The molecule has 3 N–H and O–H groups in total. The molecule has 8 nitrogen and oxygen atoms in total. The van der Waals surface area contributed by atoms with E-state index in [-0.39, 0.29) is 12.1 Å². The maximum atomic E-state index is 11.9. The van der Waals surface area contributed by atoms with Gasteiger partial charge in [-0.25, -0.2) is 4.79 Å². The van der Waals surface area contributed by atoms with Crippen molar-refractivity contribution < 1.29 is 14.3 Å². The van der Waals surface area contributed by atoms with Gasteiger partial charge in [0.1, 0.15) is 11.6 Å². The van der Waals surface area contributed by atoms with Gasteiger partial charge in [0.2, 0.25) is 0 Å². The van der Waals surface area contributed by atoms with Gasteiger partial charge in [0.25, 0.3) is 5.91 Å². The smallest absolute Gasteiger partial charge is 0.407 e. The Bertz CT molecular complexity index is 581. The zero-order valence-corrected chi connectivity index (χ0v) is 12.8. The lowest BCUT2D eigenvalue weighted by Crippen LogP contribution is -2.31. The Labute approximate surface area is 134 Å². The van der Waals surface area contributed by atoms with E-state index in [1.165, 1.54) is 6.20 Å². The molecule has 1 aromatic rings. The second-order valence-corrected chi connectivity index (χ2v) is 4.32. The number of carbonyl (C=O) groups is 2. The van der Waals surface area contributed by atoms with E-state index >= 15 is 0 Å². The summed E-state index contributed by atoms with van der Waals surface area (Å²) in [7, 11) is 0. The van der Waals surface area contributed by atoms with Crippen LogP contribution in [0.4, 0.5) is 4.79 Å². The summed E-state index contributed by atoms with van der Waals surface area (Å²) in [6.07, 6.45) is 4.08. The predicted octanol–water partition coefficient (Wildman–Crippen LogP) is 0.441. The molecule has 0 bridgehead atoms. The van der Waals surface area contributed by atoms with Crippen LogP contribution in [0.15, 0.2) is 36.3 Å². The maximum Gasteiger partial charge on any atom is 0.407 e. The van der Waals surface area contributed by atoms with Gasteiger partial charge in [-0.05, 0) is 18.6 Å². The lowest BCUT2D eigenvalue weighted by Gasteiger charge is -2.06. The van der Waals surface area contributed by atoms with Gasteiger partial charge in [0, 0.05) is 38.2 Å². The molecular formula is C15H19N5O3. The minimum atomic E-state index is -0.506. The van der Waals surface area contributed by atoms with Gasteiger partial charge >= 0.3 is 6.09 Å². The molecule has 8 heteroatoms. The fourth-order valence-electron chi connectivity index (χ4n) is 1.52. The van der Waals surface area contributed by atoms with E-state index in [0.717, 1.165) is 5.56 Å². The number of nitrogens with zero attached hydrogens (tertiary/aromatic N) is 2. The van der Waals surface area contributed by atoms with Crippen LogP contribution in [-0.4, -0.2) is 36.7 Å². The van der Waals surface area contributed by atoms with Gasteiger partial charge in [-0.3, -0.25) is 9.78 Å². The van der Waals surface area contributed by atoms with Crippen LogP contribution in [0.1, 0.15) is 12.5 Å². The Kier molecular flexibility index (Phi) is 8.30. The van der Waals surface area contributed by atoms with E-state index in [9.17, 15) is 9.59 Å². The van der Waals surface area contributed by atoms with Gasteiger partial charge in [-0.15, -0.1) is 0 Å². The van der Waals surface area contributed by atoms with Gasteiger partial charge < -0.3 is 20.7 Å². The largest absolute Gasteiger partial charge is 0.450 e. The molecule has 0 aromatic carbocycles. The fraction of sp³-hybridized carbons (Fsp3) is 0.333. The number of rotatable bonds is 8. The third-order valence-corrected chi connectivity index (χ3v) is 2.60. The van der Waals surface area contributed by atoms with Crippen LogP contribution >= 0.6 is 0 Å². The lowest BCUT2D eigenvalue weighted by molar-refractivity contribution is -0.117. The van der Waals surface area contributed by atoms with Crippen molar-refractivity contribution in [2.45, 2.75) is 13.5 Å². The fourth-order valence-corrected chi connectivity index (χ4v) is 1.52. The summed E-state index contributed by atoms with van der Waals surface area (Å²) < 4.78 is 4.69.